The molecule has 3 N–H and O–H groups in total. The molecule has 4 heteroatoms. The summed E-state index contributed by atoms with van der Waals surface area (Å²) in [5.41, 5.74) is 6.79. The van der Waals surface area contributed by atoms with Crippen LogP contribution in [0.4, 0.5) is 5.69 Å². The Balaban J connectivity index is 1.93. The van der Waals surface area contributed by atoms with Gasteiger partial charge in [0.1, 0.15) is 0 Å². The number of anilines is 1. The molecule has 0 radical (unpaired) electrons. The van der Waals surface area contributed by atoms with E-state index < -0.39 is 0 Å². The Kier molecular flexibility index (Phi) is 4.36. The summed E-state index contributed by atoms with van der Waals surface area (Å²) in [5, 5.41) is 3.07. The molecule has 0 saturated carbocycles. The van der Waals surface area contributed by atoms with Crippen LogP contribution < -0.4 is 11.1 Å². The predicted octanol–water partition coefficient (Wildman–Crippen LogP) is 3.24. The van der Waals surface area contributed by atoms with Crippen molar-refractivity contribution in [3.63, 3.8) is 0 Å². The highest BCUT2D eigenvalue weighted by Crippen LogP contribution is 2.17. The minimum absolute atomic E-state index is 0.452. The lowest BCUT2D eigenvalue weighted by atomic mass is 10.3. The van der Waals surface area contributed by atoms with Crippen molar-refractivity contribution < 1.29 is 0 Å². The Bertz CT molecular complexity index is 517. The lowest BCUT2D eigenvalue weighted by molar-refractivity contribution is 1.09. The highest BCUT2D eigenvalue weighted by atomic mass is 32.1. The SMILES string of the molecule is CCc1ccc(CN=C(N)Nc2ccccc2)s1. The number of aliphatic imine (C=N–C) groups is 1. The maximum atomic E-state index is 5.84. The van der Waals surface area contributed by atoms with Crippen molar-refractivity contribution in [3.05, 3.63) is 52.2 Å². The third-order valence-electron chi connectivity index (χ3n) is 2.52. The summed E-state index contributed by atoms with van der Waals surface area (Å²) in [6.45, 7) is 2.79. The van der Waals surface area contributed by atoms with Gasteiger partial charge in [-0.1, -0.05) is 25.1 Å². The standard InChI is InChI=1S/C14H17N3S/c1-2-12-8-9-13(18-12)10-16-14(15)17-11-6-4-3-5-7-11/h3-9H,2,10H2,1H3,(H3,15,16,17). The van der Waals surface area contributed by atoms with Crippen LogP contribution in [0.3, 0.4) is 0 Å². The summed E-state index contributed by atoms with van der Waals surface area (Å²) in [6.07, 6.45) is 1.08. The number of nitrogens with zero attached hydrogens (tertiary/aromatic N) is 1. The first kappa shape index (κ1) is 12.6. The monoisotopic (exact) mass is 259 g/mol. The molecule has 0 fully saturated rings. The maximum Gasteiger partial charge on any atom is 0.193 e. The smallest absolute Gasteiger partial charge is 0.193 e. The number of benzene rings is 1. The van der Waals surface area contributed by atoms with Crippen molar-refractivity contribution in [2.24, 2.45) is 10.7 Å². The topological polar surface area (TPSA) is 50.4 Å². The van der Waals surface area contributed by atoms with Crippen molar-refractivity contribution in [2.45, 2.75) is 19.9 Å². The van der Waals surface area contributed by atoms with E-state index in [0.717, 1.165) is 12.1 Å². The van der Waals surface area contributed by atoms with Crippen molar-refractivity contribution in [3.8, 4) is 0 Å². The Morgan fingerprint density at radius 1 is 1.17 bits per heavy atom. The molecule has 0 amide bonds. The van der Waals surface area contributed by atoms with Crippen LogP contribution in [-0.4, -0.2) is 5.96 Å². The average molecular weight is 259 g/mol. The summed E-state index contributed by atoms with van der Waals surface area (Å²) in [6, 6.07) is 14.1. The fourth-order valence-corrected chi connectivity index (χ4v) is 2.45. The van der Waals surface area contributed by atoms with Crippen molar-refractivity contribution in [1.29, 1.82) is 0 Å². The number of aryl methyl sites for hydroxylation is 1. The van der Waals surface area contributed by atoms with E-state index in [1.54, 1.807) is 11.3 Å². The van der Waals surface area contributed by atoms with Gasteiger partial charge in [-0.15, -0.1) is 11.3 Å². The van der Waals surface area contributed by atoms with E-state index in [4.69, 9.17) is 5.73 Å². The minimum atomic E-state index is 0.452. The predicted molar refractivity (Wildman–Crippen MR) is 79.1 cm³/mol. The molecule has 0 atom stereocenters. The van der Waals surface area contributed by atoms with Crippen LogP contribution in [0.25, 0.3) is 0 Å². The number of guanidine groups is 1. The van der Waals surface area contributed by atoms with E-state index in [1.165, 1.54) is 9.75 Å². The van der Waals surface area contributed by atoms with E-state index in [-0.39, 0.29) is 0 Å². The van der Waals surface area contributed by atoms with Crippen molar-refractivity contribution in [2.75, 3.05) is 5.32 Å². The summed E-state index contributed by atoms with van der Waals surface area (Å²) in [4.78, 5) is 6.96. The summed E-state index contributed by atoms with van der Waals surface area (Å²) >= 11 is 1.79. The van der Waals surface area contributed by atoms with Gasteiger partial charge in [0.25, 0.3) is 0 Å². The zero-order chi connectivity index (χ0) is 12.8. The molecule has 2 aromatic rings. The summed E-state index contributed by atoms with van der Waals surface area (Å²) in [7, 11) is 0. The molecule has 0 spiro atoms. The molecule has 0 unspecified atom stereocenters. The lowest BCUT2D eigenvalue weighted by Gasteiger charge is -2.04. The van der Waals surface area contributed by atoms with Crippen LogP contribution in [0.1, 0.15) is 16.7 Å². The van der Waals surface area contributed by atoms with Crippen LogP contribution in [0.2, 0.25) is 0 Å². The van der Waals surface area contributed by atoms with Crippen LogP contribution in [-0.2, 0) is 13.0 Å². The Morgan fingerprint density at radius 3 is 2.56 bits per heavy atom. The summed E-state index contributed by atoms with van der Waals surface area (Å²) < 4.78 is 0. The molecular formula is C14H17N3S. The minimum Gasteiger partial charge on any atom is -0.370 e. The van der Waals surface area contributed by atoms with Gasteiger partial charge in [-0.25, -0.2) is 4.99 Å². The number of rotatable bonds is 4. The number of nitrogens with one attached hydrogen (secondary N) is 1. The molecule has 3 nitrogen and oxygen atoms in total. The van der Waals surface area contributed by atoms with Gasteiger partial charge in [-0.05, 0) is 30.7 Å². The van der Waals surface area contributed by atoms with Gasteiger partial charge in [0.15, 0.2) is 5.96 Å². The third kappa shape index (κ3) is 3.60. The van der Waals surface area contributed by atoms with Crippen LogP contribution in [0.5, 0.6) is 0 Å². The highest BCUT2D eigenvalue weighted by Gasteiger charge is 1.98. The van der Waals surface area contributed by atoms with Crippen LogP contribution >= 0.6 is 11.3 Å². The van der Waals surface area contributed by atoms with Crippen LogP contribution in [0, 0.1) is 0 Å². The zero-order valence-electron chi connectivity index (χ0n) is 10.4. The second-order valence-electron chi connectivity index (χ2n) is 3.91. The molecule has 0 bridgehead atoms. The van der Waals surface area contributed by atoms with Gasteiger partial charge in [0.2, 0.25) is 0 Å². The molecule has 2 rings (SSSR count). The molecule has 94 valence electrons. The third-order valence-corrected chi connectivity index (χ3v) is 3.73. The van der Waals surface area contributed by atoms with E-state index in [9.17, 15) is 0 Å². The molecule has 1 aromatic heterocycles. The van der Waals surface area contributed by atoms with Gasteiger partial charge < -0.3 is 11.1 Å². The van der Waals surface area contributed by atoms with Crippen LogP contribution in [0.15, 0.2) is 47.5 Å². The second-order valence-corrected chi connectivity index (χ2v) is 5.17. The first-order valence-electron chi connectivity index (χ1n) is 5.97. The van der Waals surface area contributed by atoms with Gasteiger partial charge in [0, 0.05) is 15.4 Å². The first-order valence-corrected chi connectivity index (χ1v) is 6.79. The highest BCUT2D eigenvalue weighted by molar-refractivity contribution is 7.11. The fourth-order valence-electron chi connectivity index (χ4n) is 1.57. The number of hydrogen-bond acceptors (Lipinski definition) is 2. The van der Waals surface area contributed by atoms with E-state index in [2.05, 4.69) is 29.4 Å². The Morgan fingerprint density at radius 2 is 1.89 bits per heavy atom. The number of nitrogens with two attached hydrogens (primary N) is 1. The molecule has 0 saturated heterocycles. The summed E-state index contributed by atoms with van der Waals surface area (Å²) in [5.74, 6) is 0.452. The van der Waals surface area contributed by atoms with Crippen molar-refractivity contribution >= 4 is 23.0 Å². The van der Waals surface area contributed by atoms with Gasteiger partial charge in [0.05, 0.1) is 6.54 Å². The molecule has 0 aliphatic rings. The molecule has 0 aliphatic heterocycles. The fraction of sp³-hybridized carbons (Fsp3) is 0.214. The van der Waals surface area contributed by atoms with Gasteiger partial charge in [-0.3, -0.25) is 0 Å². The molecule has 1 heterocycles. The second kappa shape index (κ2) is 6.21. The number of thiophene rings is 1. The molecular weight excluding hydrogens is 242 g/mol. The molecule has 18 heavy (non-hydrogen) atoms. The van der Waals surface area contributed by atoms with Gasteiger partial charge in [-0.2, -0.15) is 0 Å². The number of hydrogen-bond donors (Lipinski definition) is 2. The van der Waals surface area contributed by atoms with E-state index in [1.807, 2.05) is 30.3 Å². The Hall–Kier alpha value is -1.81. The first-order chi connectivity index (χ1) is 8.78. The van der Waals surface area contributed by atoms with Crippen molar-refractivity contribution in [1.82, 2.24) is 0 Å². The maximum absolute atomic E-state index is 5.84. The molecule has 0 aliphatic carbocycles. The Labute approximate surface area is 111 Å². The quantitative estimate of drug-likeness (QED) is 0.654. The number of para-hydroxylation sites is 1. The van der Waals surface area contributed by atoms with E-state index >= 15 is 0 Å². The van der Waals surface area contributed by atoms with Gasteiger partial charge >= 0.3 is 0 Å². The normalized spacial score (nSPS) is 11.5. The lowest BCUT2D eigenvalue weighted by Crippen LogP contribution is -2.22. The molecule has 1 aromatic carbocycles. The zero-order valence-corrected chi connectivity index (χ0v) is 11.2. The average Bonchev–Trinajstić information content (AvgIpc) is 2.85. The largest absolute Gasteiger partial charge is 0.370 e. The van der Waals surface area contributed by atoms with E-state index in [0.29, 0.717) is 12.5 Å².